The highest BCUT2D eigenvalue weighted by atomic mass is 32.2. The fourth-order valence-corrected chi connectivity index (χ4v) is 3.33. The first kappa shape index (κ1) is 17.0. The van der Waals surface area contributed by atoms with Gasteiger partial charge in [-0.3, -0.25) is 4.79 Å². The Bertz CT molecular complexity index is 936. The maximum atomic E-state index is 12.3. The molecule has 0 bridgehead atoms. The van der Waals surface area contributed by atoms with Crippen LogP contribution in [0, 0.1) is 0 Å². The lowest BCUT2D eigenvalue weighted by Crippen LogP contribution is -2.29. The molecule has 2 aromatic carbocycles. The molecule has 128 valence electrons. The predicted octanol–water partition coefficient (Wildman–Crippen LogP) is 2.51. The molecule has 7 heteroatoms. The molecule has 3 aromatic rings. The number of hydrogen-bond acceptors (Lipinski definition) is 4. The van der Waals surface area contributed by atoms with Gasteiger partial charge in [-0.1, -0.05) is 24.3 Å². The Hall–Kier alpha value is -2.80. The van der Waals surface area contributed by atoms with Crippen molar-refractivity contribution in [1.82, 2.24) is 4.98 Å². The first-order valence-corrected chi connectivity index (χ1v) is 8.65. The van der Waals surface area contributed by atoms with Gasteiger partial charge in [0.25, 0.3) is 0 Å². The van der Waals surface area contributed by atoms with Crippen LogP contribution in [0.3, 0.4) is 0 Å². The monoisotopic (exact) mass is 356 g/mol. The number of carbonyl (C=O) groups is 2. The quantitative estimate of drug-likeness (QED) is 0.418. The highest BCUT2D eigenvalue weighted by Crippen LogP contribution is 2.19. The minimum Gasteiger partial charge on any atom is -0.465 e. The Morgan fingerprint density at radius 1 is 1.16 bits per heavy atom. The summed E-state index contributed by atoms with van der Waals surface area (Å²) in [7, 11) is 3.26. The van der Waals surface area contributed by atoms with Crippen LogP contribution in [0.2, 0.25) is 0 Å². The van der Waals surface area contributed by atoms with E-state index in [4.69, 9.17) is 4.74 Å². The van der Waals surface area contributed by atoms with Crippen molar-refractivity contribution in [3.8, 4) is 0 Å². The number of fused-ring (bicyclic) bond motifs is 1. The van der Waals surface area contributed by atoms with E-state index >= 15 is 0 Å². The Kier molecular flexibility index (Phi) is 5.04. The highest BCUT2D eigenvalue weighted by molar-refractivity contribution is 7.99. The van der Waals surface area contributed by atoms with Gasteiger partial charge in [0.2, 0.25) is 5.91 Å². The first-order valence-electron chi connectivity index (χ1n) is 7.67. The second-order valence-corrected chi connectivity index (χ2v) is 6.34. The van der Waals surface area contributed by atoms with Gasteiger partial charge in [0.05, 0.1) is 31.2 Å². The number of methoxy groups -OCH3 is 1. The molecule has 0 unspecified atom stereocenters. The SMILES string of the molecule is COC(=O)c1ccccc1NC(=O)CSc1[nH]c2ccccc2[n+]1C. The summed E-state index contributed by atoms with van der Waals surface area (Å²) >= 11 is 1.40. The predicted molar refractivity (Wildman–Crippen MR) is 96.6 cm³/mol. The van der Waals surface area contributed by atoms with Crippen LogP contribution in [0.4, 0.5) is 5.69 Å². The van der Waals surface area contributed by atoms with Gasteiger partial charge in [-0.15, -0.1) is 0 Å². The number of aromatic amines is 1. The number of aromatic nitrogens is 2. The maximum absolute atomic E-state index is 12.3. The minimum atomic E-state index is -0.481. The zero-order chi connectivity index (χ0) is 17.8. The number of aryl methyl sites for hydroxylation is 1. The van der Waals surface area contributed by atoms with Gasteiger partial charge < -0.3 is 10.1 Å². The van der Waals surface area contributed by atoms with E-state index in [1.807, 2.05) is 35.9 Å². The van der Waals surface area contributed by atoms with Crippen molar-refractivity contribution in [2.45, 2.75) is 5.16 Å². The Morgan fingerprint density at radius 2 is 1.88 bits per heavy atom. The Morgan fingerprint density at radius 3 is 2.64 bits per heavy atom. The Balaban J connectivity index is 1.69. The van der Waals surface area contributed by atoms with E-state index in [0.717, 1.165) is 16.2 Å². The second kappa shape index (κ2) is 7.40. The fourth-order valence-electron chi connectivity index (χ4n) is 2.51. The van der Waals surface area contributed by atoms with Crippen LogP contribution in [0.25, 0.3) is 11.0 Å². The third-order valence-corrected chi connectivity index (χ3v) is 4.81. The molecule has 0 aliphatic heterocycles. The summed E-state index contributed by atoms with van der Waals surface area (Å²) in [5, 5.41) is 3.65. The molecule has 0 spiro atoms. The minimum absolute atomic E-state index is 0.194. The van der Waals surface area contributed by atoms with Crippen molar-refractivity contribution in [3.05, 3.63) is 54.1 Å². The number of esters is 1. The third-order valence-electron chi connectivity index (χ3n) is 3.76. The number of hydrogen-bond donors (Lipinski definition) is 2. The van der Waals surface area contributed by atoms with Crippen molar-refractivity contribution in [3.63, 3.8) is 0 Å². The van der Waals surface area contributed by atoms with Gasteiger partial charge in [0, 0.05) is 0 Å². The number of rotatable bonds is 5. The van der Waals surface area contributed by atoms with Crippen molar-refractivity contribution in [2.24, 2.45) is 7.05 Å². The maximum Gasteiger partial charge on any atom is 0.339 e. The van der Waals surface area contributed by atoms with Crippen LogP contribution in [0.5, 0.6) is 0 Å². The summed E-state index contributed by atoms with van der Waals surface area (Å²) < 4.78 is 6.74. The van der Waals surface area contributed by atoms with E-state index in [0.29, 0.717) is 11.3 Å². The van der Waals surface area contributed by atoms with E-state index in [-0.39, 0.29) is 11.7 Å². The number of imidazole rings is 1. The fraction of sp³-hybridized carbons (Fsp3) is 0.167. The van der Waals surface area contributed by atoms with Crippen molar-refractivity contribution < 1.29 is 18.9 Å². The van der Waals surface area contributed by atoms with E-state index in [1.54, 1.807) is 24.3 Å². The highest BCUT2D eigenvalue weighted by Gasteiger charge is 2.18. The molecular formula is C18H18N3O3S+. The number of amides is 1. The van der Waals surface area contributed by atoms with Crippen LogP contribution < -0.4 is 9.88 Å². The zero-order valence-corrected chi connectivity index (χ0v) is 14.7. The lowest BCUT2D eigenvalue weighted by Gasteiger charge is -2.08. The van der Waals surface area contributed by atoms with E-state index in [1.165, 1.54) is 18.9 Å². The van der Waals surface area contributed by atoms with Crippen LogP contribution >= 0.6 is 11.8 Å². The number of carbonyl (C=O) groups excluding carboxylic acids is 2. The van der Waals surface area contributed by atoms with Crippen molar-refractivity contribution in [1.29, 1.82) is 0 Å². The average molecular weight is 356 g/mol. The van der Waals surface area contributed by atoms with Crippen LogP contribution in [-0.4, -0.2) is 29.7 Å². The average Bonchev–Trinajstić information content (AvgIpc) is 2.96. The van der Waals surface area contributed by atoms with Gasteiger partial charge in [-0.2, -0.15) is 0 Å². The molecule has 1 heterocycles. The molecule has 25 heavy (non-hydrogen) atoms. The van der Waals surface area contributed by atoms with Gasteiger partial charge in [0.1, 0.15) is 0 Å². The molecule has 6 nitrogen and oxygen atoms in total. The topological polar surface area (TPSA) is 75.1 Å². The van der Waals surface area contributed by atoms with Gasteiger partial charge in [0.15, 0.2) is 11.0 Å². The Labute approximate surface area is 149 Å². The molecule has 0 saturated heterocycles. The van der Waals surface area contributed by atoms with Crippen molar-refractivity contribution in [2.75, 3.05) is 18.2 Å². The number of para-hydroxylation sites is 3. The molecule has 0 aliphatic rings. The van der Waals surface area contributed by atoms with Crippen LogP contribution in [-0.2, 0) is 16.6 Å². The summed E-state index contributed by atoms with van der Waals surface area (Å²) in [5.74, 6) is -0.457. The van der Waals surface area contributed by atoms with Crippen LogP contribution in [0.15, 0.2) is 53.7 Å². The molecule has 1 amide bonds. The lowest BCUT2D eigenvalue weighted by atomic mass is 10.2. The summed E-state index contributed by atoms with van der Waals surface area (Å²) in [6, 6.07) is 14.7. The number of nitrogens with one attached hydrogen (secondary N) is 2. The van der Waals surface area contributed by atoms with E-state index < -0.39 is 5.97 Å². The molecule has 0 fully saturated rings. The molecular weight excluding hydrogens is 338 g/mol. The third kappa shape index (κ3) is 3.66. The first-order chi connectivity index (χ1) is 12.1. The number of ether oxygens (including phenoxy) is 1. The summed E-state index contributed by atoms with van der Waals surface area (Å²) in [6.07, 6.45) is 0. The largest absolute Gasteiger partial charge is 0.465 e. The molecule has 0 saturated carbocycles. The molecule has 0 atom stereocenters. The number of thioether (sulfide) groups is 1. The second-order valence-electron chi connectivity index (χ2n) is 5.38. The molecule has 3 rings (SSSR count). The zero-order valence-electron chi connectivity index (χ0n) is 13.9. The standard InChI is InChI=1S/C18H17N3O3S/c1-21-15-10-6-5-9-14(15)20-18(21)25-11-16(22)19-13-8-4-3-7-12(13)17(23)24-2/h3-10H,11H2,1-2H3,(H,19,22,23)/p+1. The van der Waals surface area contributed by atoms with Gasteiger partial charge in [-0.05, 0) is 36.0 Å². The number of nitrogens with zero attached hydrogens (tertiary/aromatic N) is 1. The molecule has 0 aliphatic carbocycles. The smallest absolute Gasteiger partial charge is 0.339 e. The van der Waals surface area contributed by atoms with Crippen LogP contribution in [0.1, 0.15) is 10.4 Å². The van der Waals surface area contributed by atoms with Gasteiger partial charge in [-0.25, -0.2) is 14.3 Å². The summed E-state index contributed by atoms with van der Waals surface area (Å²) in [5.41, 5.74) is 2.87. The number of anilines is 1. The molecule has 2 N–H and O–H groups in total. The molecule has 1 aromatic heterocycles. The van der Waals surface area contributed by atoms with Gasteiger partial charge >= 0.3 is 11.1 Å². The van der Waals surface area contributed by atoms with E-state index in [9.17, 15) is 9.59 Å². The summed E-state index contributed by atoms with van der Waals surface area (Å²) in [4.78, 5) is 27.3. The van der Waals surface area contributed by atoms with Crippen molar-refractivity contribution >= 4 is 40.4 Å². The number of H-pyrrole nitrogens is 1. The number of benzene rings is 2. The normalized spacial score (nSPS) is 10.6. The summed E-state index contributed by atoms with van der Waals surface area (Å²) in [6.45, 7) is 0. The van der Waals surface area contributed by atoms with E-state index in [2.05, 4.69) is 10.3 Å². The lowest BCUT2D eigenvalue weighted by molar-refractivity contribution is -0.683. The molecule has 0 radical (unpaired) electrons.